The molecular weight excluding hydrogens is 312 g/mol. The molecule has 0 aliphatic carbocycles. The van der Waals surface area contributed by atoms with Gasteiger partial charge >= 0.3 is 0 Å². The van der Waals surface area contributed by atoms with Gasteiger partial charge < -0.3 is 30.6 Å². The van der Waals surface area contributed by atoms with E-state index in [1.165, 1.54) is 0 Å². The van der Waals surface area contributed by atoms with Crippen LogP contribution in [-0.4, -0.2) is 68.3 Å². The van der Waals surface area contributed by atoms with Crippen molar-refractivity contribution in [2.24, 2.45) is 11.8 Å². The van der Waals surface area contributed by atoms with Crippen LogP contribution in [0.25, 0.3) is 0 Å². The van der Waals surface area contributed by atoms with E-state index < -0.39 is 12.2 Å². The zero-order chi connectivity index (χ0) is 19.1. The summed E-state index contributed by atoms with van der Waals surface area (Å²) in [6.45, 7) is 6.84. The Bertz CT molecular complexity index is 295. The maximum Gasteiger partial charge on any atom is 0.0951 e. The fraction of sp³-hybridized carbons (Fsp3) is 0.778. The normalized spacial score (nSPS) is 19.4. The van der Waals surface area contributed by atoms with Crippen molar-refractivity contribution in [2.45, 2.75) is 65.0 Å². The van der Waals surface area contributed by atoms with Crippen LogP contribution >= 0.6 is 0 Å². The molecule has 0 fully saturated rings. The van der Waals surface area contributed by atoms with E-state index in [-0.39, 0.29) is 37.3 Å². The van der Waals surface area contributed by atoms with Crippen molar-refractivity contribution in [2.75, 3.05) is 13.2 Å². The van der Waals surface area contributed by atoms with Gasteiger partial charge in [-0.3, -0.25) is 0 Å². The Morgan fingerprint density at radius 2 is 0.917 bits per heavy atom. The highest BCUT2D eigenvalue weighted by atomic mass is 16.3. The summed E-state index contributed by atoms with van der Waals surface area (Å²) in [6, 6.07) is 0. The molecule has 6 heteroatoms. The van der Waals surface area contributed by atoms with Crippen LogP contribution in [-0.2, 0) is 0 Å². The fourth-order valence-electron chi connectivity index (χ4n) is 1.42. The molecule has 0 amide bonds. The summed E-state index contributed by atoms with van der Waals surface area (Å²) < 4.78 is 0. The second-order valence-corrected chi connectivity index (χ2v) is 6.26. The third-order valence-corrected chi connectivity index (χ3v) is 3.75. The maximum absolute atomic E-state index is 9.10. The second kappa shape index (κ2) is 15.7. The van der Waals surface area contributed by atoms with Crippen molar-refractivity contribution < 1.29 is 30.6 Å². The van der Waals surface area contributed by atoms with E-state index in [2.05, 4.69) is 0 Å². The largest absolute Gasteiger partial charge is 0.393 e. The van der Waals surface area contributed by atoms with Crippen molar-refractivity contribution >= 4 is 0 Å². The van der Waals surface area contributed by atoms with E-state index in [4.69, 9.17) is 30.6 Å². The molecule has 6 nitrogen and oxygen atoms in total. The molecule has 0 radical (unpaired) electrons. The summed E-state index contributed by atoms with van der Waals surface area (Å²) in [5.41, 5.74) is 0. The first-order valence-electron chi connectivity index (χ1n) is 8.42. The highest BCUT2D eigenvalue weighted by molar-refractivity contribution is 4.90. The van der Waals surface area contributed by atoms with E-state index in [1.54, 1.807) is 38.2 Å². The van der Waals surface area contributed by atoms with Gasteiger partial charge in [0.15, 0.2) is 0 Å². The Labute approximate surface area is 145 Å². The number of aliphatic hydroxyl groups is 6. The first-order chi connectivity index (χ1) is 11.1. The van der Waals surface area contributed by atoms with E-state index in [0.717, 1.165) is 0 Å². The van der Waals surface area contributed by atoms with Gasteiger partial charge in [0.25, 0.3) is 0 Å². The Kier molecular flexibility index (Phi) is 16.7. The van der Waals surface area contributed by atoms with Crippen molar-refractivity contribution in [3.8, 4) is 0 Å². The molecule has 0 aliphatic rings. The lowest BCUT2D eigenvalue weighted by Gasteiger charge is -2.11. The van der Waals surface area contributed by atoms with Crippen LogP contribution in [0.3, 0.4) is 0 Å². The van der Waals surface area contributed by atoms with Crippen LogP contribution in [0.2, 0.25) is 0 Å². The highest BCUT2D eigenvalue weighted by Gasteiger charge is 2.06. The van der Waals surface area contributed by atoms with Gasteiger partial charge in [0.05, 0.1) is 37.6 Å². The molecule has 4 unspecified atom stereocenters. The van der Waals surface area contributed by atoms with Gasteiger partial charge in [-0.05, 0) is 38.5 Å². The molecule has 6 N–H and O–H groups in total. The average molecular weight is 348 g/mol. The highest BCUT2D eigenvalue weighted by Crippen LogP contribution is 2.08. The van der Waals surface area contributed by atoms with Gasteiger partial charge in [0, 0.05) is 0 Å². The minimum Gasteiger partial charge on any atom is -0.393 e. The lowest BCUT2D eigenvalue weighted by atomic mass is 10.0. The number of hydrogen-bond acceptors (Lipinski definition) is 6. The van der Waals surface area contributed by atoms with Gasteiger partial charge in [0.1, 0.15) is 0 Å². The molecule has 0 spiro atoms. The van der Waals surface area contributed by atoms with Crippen LogP contribution in [0.4, 0.5) is 0 Å². The summed E-state index contributed by atoms with van der Waals surface area (Å²) in [6.07, 6.45) is 5.86. The topological polar surface area (TPSA) is 121 Å². The summed E-state index contributed by atoms with van der Waals surface area (Å²) >= 11 is 0. The van der Waals surface area contributed by atoms with Crippen LogP contribution in [0.5, 0.6) is 0 Å². The molecule has 0 aromatic rings. The third-order valence-electron chi connectivity index (χ3n) is 3.75. The standard InChI is InChI=1S/2C9H18O3/c2*1-7(8(2)11)4-3-5-9(12)6-10/h2*3,5,7-12H,4,6H2,1-2H3/b2*5-3-/t2*7?,8?,9-/m10/s1. The Morgan fingerprint density at radius 3 is 1.12 bits per heavy atom. The Hall–Kier alpha value is -0.760. The number of aliphatic hydroxyl groups excluding tert-OH is 6. The number of hydrogen-bond donors (Lipinski definition) is 6. The van der Waals surface area contributed by atoms with Gasteiger partial charge in [-0.2, -0.15) is 0 Å². The van der Waals surface area contributed by atoms with E-state index >= 15 is 0 Å². The molecule has 24 heavy (non-hydrogen) atoms. The molecule has 0 aliphatic heterocycles. The van der Waals surface area contributed by atoms with Crippen LogP contribution in [0.1, 0.15) is 40.5 Å². The molecule has 144 valence electrons. The molecule has 0 aromatic heterocycles. The molecular formula is C18H36O6. The monoisotopic (exact) mass is 348 g/mol. The molecule has 0 heterocycles. The molecule has 0 bridgehead atoms. The summed E-state index contributed by atoms with van der Waals surface area (Å²) in [7, 11) is 0. The zero-order valence-corrected chi connectivity index (χ0v) is 15.3. The third kappa shape index (κ3) is 16.1. The fourth-order valence-corrected chi connectivity index (χ4v) is 1.42. The van der Waals surface area contributed by atoms with Crippen LogP contribution < -0.4 is 0 Å². The van der Waals surface area contributed by atoms with Gasteiger partial charge in [-0.15, -0.1) is 0 Å². The first-order valence-corrected chi connectivity index (χ1v) is 8.42. The smallest absolute Gasteiger partial charge is 0.0951 e. The average Bonchev–Trinajstić information content (AvgIpc) is 2.54. The minimum atomic E-state index is -0.772. The predicted octanol–water partition coefficient (Wildman–Crippen LogP) is 0.606. The van der Waals surface area contributed by atoms with E-state index in [1.807, 2.05) is 13.8 Å². The van der Waals surface area contributed by atoms with Gasteiger partial charge in [-0.25, -0.2) is 0 Å². The van der Waals surface area contributed by atoms with Crippen molar-refractivity contribution in [3.63, 3.8) is 0 Å². The van der Waals surface area contributed by atoms with E-state index in [9.17, 15) is 0 Å². The number of allylic oxidation sites excluding steroid dienone is 2. The predicted molar refractivity (Wildman–Crippen MR) is 95.4 cm³/mol. The first kappa shape index (κ1) is 25.5. The minimum absolute atomic E-state index is 0.187. The Morgan fingerprint density at radius 1 is 0.625 bits per heavy atom. The van der Waals surface area contributed by atoms with Gasteiger partial charge in [-0.1, -0.05) is 38.2 Å². The zero-order valence-electron chi connectivity index (χ0n) is 15.3. The maximum atomic E-state index is 9.10. The second-order valence-electron chi connectivity index (χ2n) is 6.26. The molecule has 0 saturated carbocycles. The Balaban J connectivity index is 0. The molecule has 0 saturated heterocycles. The summed E-state index contributed by atoms with van der Waals surface area (Å²) in [5, 5.41) is 52.9. The molecule has 6 atom stereocenters. The van der Waals surface area contributed by atoms with Crippen molar-refractivity contribution in [1.29, 1.82) is 0 Å². The quantitative estimate of drug-likeness (QED) is 0.322. The number of rotatable bonds is 10. The van der Waals surface area contributed by atoms with Gasteiger partial charge in [0.2, 0.25) is 0 Å². The van der Waals surface area contributed by atoms with Crippen molar-refractivity contribution in [3.05, 3.63) is 24.3 Å². The van der Waals surface area contributed by atoms with Crippen LogP contribution in [0, 0.1) is 11.8 Å². The lowest BCUT2D eigenvalue weighted by molar-refractivity contribution is 0.128. The molecule has 0 rings (SSSR count). The molecule has 0 aromatic carbocycles. The van der Waals surface area contributed by atoms with E-state index in [0.29, 0.717) is 12.8 Å². The SMILES string of the molecule is CC(O)C(C)C/C=C\[C@@H](O)CO.CC(O)C(C)C/C=C\[C@H](O)CO. The van der Waals surface area contributed by atoms with Crippen LogP contribution in [0.15, 0.2) is 24.3 Å². The summed E-state index contributed by atoms with van der Waals surface area (Å²) in [5.74, 6) is 0.374. The lowest BCUT2D eigenvalue weighted by Crippen LogP contribution is -2.12. The summed E-state index contributed by atoms with van der Waals surface area (Å²) in [4.78, 5) is 0. The van der Waals surface area contributed by atoms with Crippen molar-refractivity contribution in [1.82, 2.24) is 0 Å².